The van der Waals surface area contributed by atoms with E-state index < -0.39 is 23.2 Å². The molecule has 2 aromatic carbocycles. The summed E-state index contributed by atoms with van der Waals surface area (Å²) in [4.78, 5) is 18.9. The van der Waals surface area contributed by atoms with Gasteiger partial charge in [0.2, 0.25) is 5.91 Å². The van der Waals surface area contributed by atoms with Gasteiger partial charge in [0.05, 0.1) is 11.4 Å². The molecule has 0 bridgehead atoms. The first-order chi connectivity index (χ1) is 17.8. The Balaban J connectivity index is 1.45. The summed E-state index contributed by atoms with van der Waals surface area (Å²) >= 11 is 0. The van der Waals surface area contributed by atoms with Gasteiger partial charge in [-0.3, -0.25) is 4.79 Å². The number of ether oxygens (including phenoxy) is 1. The molecule has 3 N–H and O–H groups in total. The molecule has 1 aliphatic heterocycles. The predicted octanol–water partition coefficient (Wildman–Crippen LogP) is 4.15. The number of carbonyl (C=O) groups excluding carboxylic acids is 1. The minimum Gasteiger partial charge on any atom is -0.385 e. The van der Waals surface area contributed by atoms with Crippen LogP contribution >= 0.6 is 0 Å². The number of aryl methyl sites for hydroxylation is 1. The third kappa shape index (κ3) is 5.00. The molecule has 198 valence electrons. The number of amides is 1. The van der Waals surface area contributed by atoms with Crippen molar-refractivity contribution in [2.45, 2.75) is 50.3 Å². The Labute approximate surface area is 213 Å². The van der Waals surface area contributed by atoms with Crippen LogP contribution in [0.15, 0.2) is 36.5 Å². The second-order valence-corrected chi connectivity index (χ2v) is 10.1. The summed E-state index contributed by atoms with van der Waals surface area (Å²) in [6.07, 6.45) is 5.10. The highest BCUT2D eigenvalue weighted by molar-refractivity contribution is 5.88. The van der Waals surface area contributed by atoms with E-state index in [1.165, 1.54) is 12.1 Å². The topological polar surface area (TPSA) is 77.6 Å². The SMILES string of the molecule is COCCCc1ccc(F)c2c(CN(C(=O)[C@H]3CNCC[C@]3(O)c3ccc(F)c(F)c3)C3CC3)c[nH]c12. The molecule has 3 aromatic rings. The van der Waals surface area contributed by atoms with Crippen LogP contribution in [0.3, 0.4) is 0 Å². The van der Waals surface area contributed by atoms with Crippen molar-refractivity contribution in [3.05, 3.63) is 70.7 Å². The van der Waals surface area contributed by atoms with Crippen LogP contribution in [0.2, 0.25) is 0 Å². The fraction of sp³-hybridized carbons (Fsp3) is 0.464. The first-order valence-electron chi connectivity index (χ1n) is 12.8. The van der Waals surface area contributed by atoms with E-state index in [1.54, 1.807) is 24.3 Å². The molecule has 1 aromatic heterocycles. The maximum atomic E-state index is 15.0. The lowest BCUT2D eigenvalue weighted by Crippen LogP contribution is -2.55. The molecule has 2 fully saturated rings. The normalized spacial score (nSPS) is 21.9. The van der Waals surface area contributed by atoms with Gasteiger partial charge in [-0.25, -0.2) is 13.2 Å². The van der Waals surface area contributed by atoms with Gasteiger partial charge in [-0.2, -0.15) is 0 Å². The minimum absolute atomic E-state index is 0.0125. The number of benzene rings is 2. The number of carbonyl (C=O) groups is 1. The number of halogens is 3. The van der Waals surface area contributed by atoms with Crippen LogP contribution in [0, 0.1) is 23.4 Å². The standard InChI is InChI=1S/C28H32F3N3O3/c1-37-12-2-3-17-4-8-23(30)25-18(14-33-26(17)25)16-34(20-6-7-20)27(35)21-15-32-11-10-28(21,36)19-5-9-22(29)24(31)13-19/h4-5,8-9,13-14,20-21,32-33,36H,2-3,6-7,10-12,15-16H2,1H3/t21-,28+/m1/s1. The van der Waals surface area contributed by atoms with Crippen LogP contribution in [0.5, 0.6) is 0 Å². The van der Waals surface area contributed by atoms with Gasteiger partial charge < -0.3 is 25.0 Å². The first kappa shape index (κ1) is 25.8. The molecule has 2 heterocycles. The van der Waals surface area contributed by atoms with Crippen LogP contribution in [0.1, 0.15) is 42.4 Å². The molecule has 0 unspecified atom stereocenters. The Hall–Kier alpha value is -2.88. The minimum atomic E-state index is -1.65. The van der Waals surface area contributed by atoms with Crippen LogP contribution < -0.4 is 5.32 Å². The van der Waals surface area contributed by atoms with Crippen molar-refractivity contribution in [1.82, 2.24) is 15.2 Å². The molecule has 2 aliphatic rings. The molecular weight excluding hydrogens is 483 g/mol. The van der Waals surface area contributed by atoms with Crippen LogP contribution in [0.4, 0.5) is 13.2 Å². The Morgan fingerprint density at radius 3 is 2.65 bits per heavy atom. The molecule has 1 aliphatic carbocycles. The molecule has 1 amide bonds. The Morgan fingerprint density at radius 2 is 1.92 bits per heavy atom. The number of hydrogen-bond acceptors (Lipinski definition) is 4. The predicted molar refractivity (Wildman–Crippen MR) is 133 cm³/mol. The van der Waals surface area contributed by atoms with Gasteiger partial charge in [0, 0.05) is 44.4 Å². The number of methoxy groups -OCH3 is 1. The molecule has 0 radical (unpaired) electrons. The van der Waals surface area contributed by atoms with Gasteiger partial charge in [0.1, 0.15) is 11.4 Å². The zero-order valence-corrected chi connectivity index (χ0v) is 20.8. The highest BCUT2D eigenvalue weighted by atomic mass is 19.2. The molecule has 37 heavy (non-hydrogen) atoms. The lowest BCUT2D eigenvalue weighted by Gasteiger charge is -2.42. The van der Waals surface area contributed by atoms with Gasteiger partial charge in [0.25, 0.3) is 0 Å². The van der Waals surface area contributed by atoms with Crippen LogP contribution in [-0.4, -0.2) is 53.7 Å². The summed E-state index contributed by atoms with van der Waals surface area (Å²) in [7, 11) is 1.64. The molecule has 6 nitrogen and oxygen atoms in total. The lowest BCUT2D eigenvalue weighted by molar-refractivity contribution is -0.150. The number of fused-ring (bicyclic) bond motifs is 1. The second-order valence-electron chi connectivity index (χ2n) is 10.1. The zero-order chi connectivity index (χ0) is 26.2. The average Bonchev–Trinajstić information content (AvgIpc) is 3.64. The largest absolute Gasteiger partial charge is 0.385 e. The average molecular weight is 516 g/mol. The maximum absolute atomic E-state index is 15.0. The van der Waals surface area contributed by atoms with E-state index in [4.69, 9.17) is 4.74 Å². The van der Waals surface area contributed by atoms with Gasteiger partial charge in [-0.15, -0.1) is 0 Å². The second kappa shape index (κ2) is 10.5. The van der Waals surface area contributed by atoms with E-state index in [0.29, 0.717) is 29.6 Å². The summed E-state index contributed by atoms with van der Waals surface area (Å²) in [5, 5.41) is 15.3. The third-order valence-electron chi connectivity index (χ3n) is 7.68. The molecule has 9 heteroatoms. The summed E-state index contributed by atoms with van der Waals surface area (Å²) in [6.45, 7) is 1.42. The van der Waals surface area contributed by atoms with Crippen molar-refractivity contribution in [1.29, 1.82) is 0 Å². The van der Waals surface area contributed by atoms with Crippen molar-refractivity contribution in [2.75, 3.05) is 26.8 Å². The van der Waals surface area contributed by atoms with Crippen molar-refractivity contribution in [2.24, 2.45) is 5.92 Å². The number of H-pyrrole nitrogens is 1. The molecule has 0 spiro atoms. The summed E-state index contributed by atoms with van der Waals surface area (Å²) < 4.78 is 47.8. The maximum Gasteiger partial charge on any atom is 0.230 e. The zero-order valence-electron chi connectivity index (χ0n) is 20.8. The number of aromatic amines is 1. The number of nitrogens with one attached hydrogen (secondary N) is 2. The van der Waals surface area contributed by atoms with E-state index in [-0.39, 0.29) is 42.8 Å². The fourth-order valence-corrected chi connectivity index (χ4v) is 5.50. The number of aromatic nitrogens is 1. The quantitative estimate of drug-likeness (QED) is 0.374. The summed E-state index contributed by atoms with van der Waals surface area (Å²) in [5.74, 6) is -3.61. The molecule has 5 rings (SSSR count). The van der Waals surface area contributed by atoms with E-state index in [0.717, 1.165) is 43.4 Å². The number of hydrogen-bond donors (Lipinski definition) is 3. The smallest absolute Gasteiger partial charge is 0.230 e. The van der Waals surface area contributed by atoms with Gasteiger partial charge in [-0.1, -0.05) is 12.1 Å². The monoisotopic (exact) mass is 515 g/mol. The first-order valence-corrected chi connectivity index (χ1v) is 12.8. The number of rotatable bonds is 9. The van der Waals surface area contributed by atoms with Gasteiger partial charge >= 0.3 is 0 Å². The molecular formula is C28H32F3N3O3. The number of aliphatic hydroxyl groups is 1. The Bertz CT molecular complexity index is 1290. The highest BCUT2D eigenvalue weighted by Gasteiger charge is 2.48. The molecule has 2 atom stereocenters. The van der Waals surface area contributed by atoms with Gasteiger partial charge in [-0.05, 0) is 73.5 Å². The van der Waals surface area contributed by atoms with E-state index in [2.05, 4.69) is 10.3 Å². The van der Waals surface area contributed by atoms with E-state index >= 15 is 4.39 Å². The summed E-state index contributed by atoms with van der Waals surface area (Å²) in [5.41, 5.74) is 0.895. The lowest BCUT2D eigenvalue weighted by atomic mass is 9.75. The summed E-state index contributed by atoms with van der Waals surface area (Å²) in [6, 6.07) is 6.50. The fourth-order valence-electron chi connectivity index (χ4n) is 5.50. The van der Waals surface area contributed by atoms with Crippen molar-refractivity contribution >= 4 is 16.8 Å². The molecule has 1 saturated heterocycles. The highest BCUT2D eigenvalue weighted by Crippen LogP contribution is 2.40. The third-order valence-corrected chi connectivity index (χ3v) is 7.68. The van der Waals surface area contributed by atoms with Crippen molar-refractivity contribution in [3.63, 3.8) is 0 Å². The Morgan fingerprint density at radius 1 is 1.14 bits per heavy atom. The molecule has 1 saturated carbocycles. The number of piperidine rings is 1. The van der Waals surface area contributed by atoms with Crippen LogP contribution in [0.25, 0.3) is 10.9 Å². The van der Waals surface area contributed by atoms with Crippen molar-refractivity contribution < 1.29 is 27.8 Å². The van der Waals surface area contributed by atoms with Gasteiger partial charge in [0.15, 0.2) is 11.6 Å². The van der Waals surface area contributed by atoms with E-state index in [9.17, 15) is 18.7 Å². The van der Waals surface area contributed by atoms with E-state index in [1.807, 2.05) is 0 Å². The Kier molecular flexibility index (Phi) is 7.29. The van der Waals surface area contributed by atoms with Crippen molar-refractivity contribution in [3.8, 4) is 0 Å². The van der Waals surface area contributed by atoms with Crippen LogP contribution in [-0.2, 0) is 28.1 Å². The number of nitrogens with zero attached hydrogens (tertiary/aromatic N) is 1.